The van der Waals surface area contributed by atoms with Crippen molar-refractivity contribution in [1.82, 2.24) is 10.3 Å². The molecule has 15 heavy (non-hydrogen) atoms. The van der Waals surface area contributed by atoms with Gasteiger partial charge in [0.25, 0.3) is 0 Å². The third-order valence-electron chi connectivity index (χ3n) is 2.75. The van der Waals surface area contributed by atoms with Crippen molar-refractivity contribution in [2.75, 3.05) is 13.2 Å². The molecule has 0 radical (unpaired) electrons. The zero-order chi connectivity index (χ0) is 10.5. The van der Waals surface area contributed by atoms with Crippen molar-refractivity contribution in [2.24, 2.45) is 0 Å². The predicted octanol–water partition coefficient (Wildman–Crippen LogP) is 2.36. The number of nitrogens with zero attached hydrogens (tertiary/aromatic N) is 1. The lowest BCUT2D eigenvalue weighted by molar-refractivity contribution is 0.0156. The highest BCUT2D eigenvalue weighted by molar-refractivity contribution is 7.09. The van der Waals surface area contributed by atoms with Gasteiger partial charge in [-0.3, -0.25) is 0 Å². The fourth-order valence-electron chi connectivity index (χ4n) is 1.81. The van der Waals surface area contributed by atoms with Crippen LogP contribution in [0, 0.1) is 0 Å². The molecule has 84 valence electrons. The zero-order valence-electron chi connectivity index (χ0n) is 9.11. The molecular weight excluding hydrogens is 208 g/mol. The molecule has 2 rings (SSSR count). The van der Waals surface area contributed by atoms with Crippen LogP contribution in [-0.4, -0.2) is 24.2 Å². The second-order valence-electron chi connectivity index (χ2n) is 3.99. The van der Waals surface area contributed by atoms with E-state index < -0.39 is 0 Å². The van der Waals surface area contributed by atoms with E-state index in [1.165, 1.54) is 19.3 Å². The predicted molar refractivity (Wildman–Crippen MR) is 62.1 cm³/mol. The van der Waals surface area contributed by atoms with E-state index in [-0.39, 0.29) is 0 Å². The van der Waals surface area contributed by atoms with E-state index in [1.807, 2.05) is 11.6 Å². The van der Waals surface area contributed by atoms with Gasteiger partial charge >= 0.3 is 0 Å². The van der Waals surface area contributed by atoms with Crippen LogP contribution in [0.5, 0.6) is 0 Å². The Kier molecular flexibility index (Phi) is 4.11. The van der Waals surface area contributed by atoms with E-state index in [4.69, 9.17) is 4.74 Å². The van der Waals surface area contributed by atoms with Crippen molar-refractivity contribution in [1.29, 1.82) is 0 Å². The minimum atomic E-state index is 0.343. The van der Waals surface area contributed by atoms with Crippen LogP contribution in [0.3, 0.4) is 0 Å². The van der Waals surface area contributed by atoms with Crippen molar-refractivity contribution in [2.45, 2.75) is 38.3 Å². The fraction of sp³-hybridized carbons (Fsp3) is 0.727. The molecule has 1 aliphatic rings. The van der Waals surface area contributed by atoms with Crippen molar-refractivity contribution < 1.29 is 4.74 Å². The minimum Gasteiger partial charge on any atom is -0.377 e. The molecule has 1 aromatic heterocycles. The van der Waals surface area contributed by atoms with E-state index in [0.29, 0.717) is 12.1 Å². The molecule has 4 heteroatoms. The topological polar surface area (TPSA) is 34.1 Å². The molecule has 0 aromatic carbocycles. The number of thiazole rings is 1. The van der Waals surface area contributed by atoms with Crippen LogP contribution in [0.15, 0.2) is 11.6 Å². The van der Waals surface area contributed by atoms with Gasteiger partial charge in [-0.05, 0) is 26.2 Å². The average Bonchev–Trinajstić information content (AvgIpc) is 2.81. The molecule has 0 bridgehead atoms. The normalized spacial score (nSPS) is 23.9. The lowest BCUT2D eigenvalue weighted by atomic mass is 10.1. The zero-order valence-corrected chi connectivity index (χ0v) is 9.93. The number of hydrogen-bond acceptors (Lipinski definition) is 4. The number of rotatable bonds is 4. The molecule has 0 aliphatic carbocycles. The summed E-state index contributed by atoms with van der Waals surface area (Å²) in [6, 6.07) is 0.343. The third kappa shape index (κ3) is 3.26. The van der Waals surface area contributed by atoms with E-state index in [9.17, 15) is 0 Å². The quantitative estimate of drug-likeness (QED) is 0.856. The number of nitrogens with one attached hydrogen (secondary N) is 1. The maximum atomic E-state index is 5.67. The van der Waals surface area contributed by atoms with Gasteiger partial charge in [0.1, 0.15) is 5.01 Å². The van der Waals surface area contributed by atoms with Crippen LogP contribution in [0.1, 0.15) is 37.2 Å². The van der Waals surface area contributed by atoms with E-state index in [1.54, 1.807) is 11.3 Å². The van der Waals surface area contributed by atoms with Gasteiger partial charge in [0.2, 0.25) is 0 Å². The standard InChI is InChI=1S/C11H18N2OS/c1-9(11-12-5-7-15-11)13-8-10-4-2-3-6-14-10/h5,7,9-10,13H,2-4,6,8H2,1H3. The lowest BCUT2D eigenvalue weighted by Gasteiger charge is -2.24. The smallest absolute Gasteiger partial charge is 0.109 e. The Bertz CT molecular complexity index is 270. The highest BCUT2D eigenvalue weighted by Gasteiger charge is 2.15. The molecule has 3 nitrogen and oxygen atoms in total. The molecule has 1 aromatic rings. The molecule has 1 saturated heterocycles. The second kappa shape index (κ2) is 5.58. The average molecular weight is 226 g/mol. The summed E-state index contributed by atoms with van der Waals surface area (Å²) in [7, 11) is 0. The van der Waals surface area contributed by atoms with Gasteiger partial charge in [-0.15, -0.1) is 11.3 Å². The first-order chi connectivity index (χ1) is 7.36. The van der Waals surface area contributed by atoms with E-state index in [0.717, 1.165) is 18.2 Å². The molecule has 0 amide bonds. The number of aromatic nitrogens is 1. The Balaban J connectivity index is 1.73. The maximum absolute atomic E-state index is 5.67. The van der Waals surface area contributed by atoms with Crippen LogP contribution >= 0.6 is 11.3 Å². The Labute approximate surface area is 94.9 Å². The SMILES string of the molecule is CC(NCC1CCCCO1)c1nccs1. The lowest BCUT2D eigenvalue weighted by Crippen LogP contribution is -2.33. The monoisotopic (exact) mass is 226 g/mol. The first-order valence-corrected chi connectivity index (χ1v) is 6.48. The largest absolute Gasteiger partial charge is 0.377 e. The summed E-state index contributed by atoms with van der Waals surface area (Å²) in [5.74, 6) is 0. The molecule has 2 atom stereocenters. The highest BCUT2D eigenvalue weighted by Crippen LogP contribution is 2.16. The Morgan fingerprint density at radius 3 is 3.27 bits per heavy atom. The molecular formula is C11H18N2OS. The Hall–Kier alpha value is -0.450. The number of ether oxygens (including phenoxy) is 1. The minimum absolute atomic E-state index is 0.343. The van der Waals surface area contributed by atoms with Gasteiger partial charge in [-0.2, -0.15) is 0 Å². The van der Waals surface area contributed by atoms with Crippen LogP contribution in [-0.2, 0) is 4.74 Å². The van der Waals surface area contributed by atoms with Crippen LogP contribution in [0.2, 0.25) is 0 Å². The van der Waals surface area contributed by atoms with Gasteiger partial charge in [0.05, 0.1) is 12.1 Å². The van der Waals surface area contributed by atoms with E-state index >= 15 is 0 Å². The van der Waals surface area contributed by atoms with Gasteiger partial charge in [0, 0.05) is 24.7 Å². The first-order valence-electron chi connectivity index (χ1n) is 5.60. The summed E-state index contributed by atoms with van der Waals surface area (Å²) in [4.78, 5) is 4.30. The van der Waals surface area contributed by atoms with Crippen LogP contribution in [0.25, 0.3) is 0 Å². The summed E-state index contributed by atoms with van der Waals surface area (Å²) in [6.45, 7) is 4.03. The van der Waals surface area contributed by atoms with Crippen LogP contribution in [0.4, 0.5) is 0 Å². The highest BCUT2D eigenvalue weighted by atomic mass is 32.1. The van der Waals surface area contributed by atoms with Crippen molar-refractivity contribution in [3.8, 4) is 0 Å². The van der Waals surface area contributed by atoms with Crippen molar-refractivity contribution >= 4 is 11.3 Å². The molecule has 2 heterocycles. The van der Waals surface area contributed by atoms with Crippen LogP contribution < -0.4 is 5.32 Å². The molecule has 1 N–H and O–H groups in total. The summed E-state index contributed by atoms with van der Waals surface area (Å²) in [5.41, 5.74) is 0. The second-order valence-corrected chi connectivity index (χ2v) is 4.92. The third-order valence-corrected chi connectivity index (χ3v) is 3.71. The fourth-order valence-corrected chi connectivity index (χ4v) is 2.48. The summed E-state index contributed by atoms with van der Waals surface area (Å²) >= 11 is 1.70. The first kappa shape index (κ1) is 11.0. The van der Waals surface area contributed by atoms with Crippen molar-refractivity contribution in [3.63, 3.8) is 0 Å². The van der Waals surface area contributed by atoms with Gasteiger partial charge in [0.15, 0.2) is 0 Å². The number of hydrogen-bond donors (Lipinski definition) is 1. The summed E-state index contributed by atoms with van der Waals surface area (Å²) in [6.07, 6.45) is 5.98. The molecule has 1 fully saturated rings. The molecule has 0 spiro atoms. The molecule has 0 saturated carbocycles. The molecule has 1 aliphatic heterocycles. The van der Waals surface area contributed by atoms with Crippen molar-refractivity contribution in [3.05, 3.63) is 16.6 Å². The van der Waals surface area contributed by atoms with Gasteiger partial charge in [-0.25, -0.2) is 4.98 Å². The molecule has 2 unspecified atom stereocenters. The van der Waals surface area contributed by atoms with Gasteiger partial charge in [-0.1, -0.05) is 0 Å². The Morgan fingerprint density at radius 1 is 1.67 bits per heavy atom. The maximum Gasteiger partial charge on any atom is 0.109 e. The van der Waals surface area contributed by atoms with E-state index in [2.05, 4.69) is 17.2 Å². The summed E-state index contributed by atoms with van der Waals surface area (Å²) < 4.78 is 5.67. The van der Waals surface area contributed by atoms with Gasteiger partial charge < -0.3 is 10.1 Å². The summed E-state index contributed by atoms with van der Waals surface area (Å²) in [5, 5.41) is 6.65. The Morgan fingerprint density at radius 2 is 2.60 bits per heavy atom.